The molecule has 4 nitrogen and oxygen atoms in total. The lowest BCUT2D eigenvalue weighted by molar-refractivity contribution is -0.124. The van der Waals surface area contributed by atoms with Crippen molar-refractivity contribution in [2.24, 2.45) is 23.7 Å². The van der Waals surface area contributed by atoms with E-state index in [4.69, 9.17) is 0 Å². The Hall–Kier alpha value is -1.32. The quantitative estimate of drug-likeness (QED) is 0.557. The van der Waals surface area contributed by atoms with Crippen molar-refractivity contribution in [1.29, 1.82) is 0 Å². The zero-order chi connectivity index (χ0) is 9.84. The summed E-state index contributed by atoms with van der Waals surface area (Å²) in [6.45, 7) is 0. The third kappa shape index (κ3) is 1.56. The molecule has 1 saturated carbocycles. The van der Waals surface area contributed by atoms with Crippen LogP contribution >= 0.6 is 0 Å². The molecule has 0 spiro atoms. The molecule has 0 heterocycles. The first-order valence-corrected chi connectivity index (χ1v) is 4.09. The van der Waals surface area contributed by atoms with E-state index in [0.717, 1.165) is 0 Å². The number of hydrogen-bond acceptors (Lipinski definition) is 4. The maximum Gasteiger partial charge on any atom is 0.124 e. The molecule has 0 aromatic rings. The van der Waals surface area contributed by atoms with Crippen LogP contribution in [0.1, 0.15) is 6.42 Å². The number of rotatable bonds is 4. The number of hydrogen-bond donors (Lipinski definition) is 0. The summed E-state index contributed by atoms with van der Waals surface area (Å²) in [4.78, 5) is 42.2. The summed E-state index contributed by atoms with van der Waals surface area (Å²) >= 11 is 0. The number of carbonyl (C=O) groups excluding carboxylic acids is 4. The van der Waals surface area contributed by atoms with E-state index >= 15 is 0 Å². The molecule has 4 atom stereocenters. The lowest BCUT2D eigenvalue weighted by Crippen LogP contribution is -2.21. The van der Waals surface area contributed by atoms with E-state index in [1.807, 2.05) is 0 Å². The van der Waals surface area contributed by atoms with Crippen LogP contribution in [-0.4, -0.2) is 25.1 Å². The van der Waals surface area contributed by atoms with Crippen molar-refractivity contribution < 1.29 is 19.2 Å². The highest BCUT2D eigenvalue weighted by Crippen LogP contribution is 2.37. The Labute approximate surface area is 75.3 Å². The summed E-state index contributed by atoms with van der Waals surface area (Å²) < 4.78 is 0. The molecule has 0 saturated heterocycles. The van der Waals surface area contributed by atoms with E-state index in [-0.39, 0.29) is 0 Å². The molecule has 13 heavy (non-hydrogen) atoms. The van der Waals surface area contributed by atoms with Gasteiger partial charge in [-0.15, -0.1) is 0 Å². The Morgan fingerprint density at radius 2 is 1.08 bits per heavy atom. The number of aldehydes is 4. The third-order valence-electron chi connectivity index (χ3n) is 2.64. The van der Waals surface area contributed by atoms with Crippen LogP contribution < -0.4 is 0 Å². The minimum absolute atomic E-state index is 0.319. The van der Waals surface area contributed by atoms with Crippen LogP contribution in [0.3, 0.4) is 0 Å². The molecule has 1 rings (SSSR count). The zero-order valence-electron chi connectivity index (χ0n) is 6.96. The molecular weight excluding hydrogens is 172 g/mol. The maximum atomic E-state index is 10.6. The first-order chi connectivity index (χ1) is 6.28. The molecule has 4 unspecified atom stereocenters. The van der Waals surface area contributed by atoms with Gasteiger partial charge < -0.3 is 19.2 Å². The van der Waals surface area contributed by atoms with Crippen molar-refractivity contribution in [3.05, 3.63) is 0 Å². The van der Waals surface area contributed by atoms with Crippen LogP contribution in [-0.2, 0) is 19.2 Å². The van der Waals surface area contributed by atoms with Crippen molar-refractivity contribution in [1.82, 2.24) is 0 Å². The van der Waals surface area contributed by atoms with Crippen molar-refractivity contribution in [2.45, 2.75) is 6.42 Å². The molecule has 0 radical (unpaired) electrons. The third-order valence-corrected chi connectivity index (χ3v) is 2.64. The summed E-state index contributed by atoms with van der Waals surface area (Å²) in [5, 5.41) is 0. The highest BCUT2D eigenvalue weighted by atomic mass is 16.1. The molecule has 1 fully saturated rings. The van der Waals surface area contributed by atoms with E-state index in [1.165, 1.54) is 0 Å². The zero-order valence-corrected chi connectivity index (χ0v) is 6.96. The number of carbonyl (C=O) groups is 4. The van der Waals surface area contributed by atoms with E-state index in [0.29, 0.717) is 31.6 Å². The van der Waals surface area contributed by atoms with Crippen LogP contribution in [0.25, 0.3) is 0 Å². The van der Waals surface area contributed by atoms with Crippen LogP contribution in [0, 0.1) is 23.7 Å². The predicted octanol–water partition coefficient (Wildman–Crippen LogP) is -0.350. The van der Waals surface area contributed by atoms with E-state index in [1.54, 1.807) is 0 Å². The average molecular weight is 182 g/mol. The van der Waals surface area contributed by atoms with Gasteiger partial charge in [-0.3, -0.25) is 0 Å². The Morgan fingerprint density at radius 1 is 0.692 bits per heavy atom. The molecule has 0 aliphatic heterocycles. The van der Waals surface area contributed by atoms with Crippen molar-refractivity contribution in [2.75, 3.05) is 0 Å². The summed E-state index contributed by atoms with van der Waals surface area (Å²) in [5.74, 6) is -2.15. The smallest absolute Gasteiger partial charge is 0.124 e. The molecule has 0 aromatic carbocycles. The Balaban J connectivity index is 2.88. The fourth-order valence-electron chi connectivity index (χ4n) is 1.88. The predicted molar refractivity (Wildman–Crippen MR) is 42.8 cm³/mol. The van der Waals surface area contributed by atoms with Crippen LogP contribution in [0.2, 0.25) is 0 Å². The van der Waals surface area contributed by atoms with Crippen LogP contribution in [0.4, 0.5) is 0 Å². The van der Waals surface area contributed by atoms with Gasteiger partial charge in [0.1, 0.15) is 25.1 Å². The molecule has 0 bridgehead atoms. The molecular formula is C9H10O4. The molecule has 70 valence electrons. The van der Waals surface area contributed by atoms with Crippen LogP contribution in [0.15, 0.2) is 0 Å². The molecule has 1 aliphatic rings. The molecule has 0 N–H and O–H groups in total. The van der Waals surface area contributed by atoms with Gasteiger partial charge in [-0.1, -0.05) is 0 Å². The van der Waals surface area contributed by atoms with Gasteiger partial charge in [0.25, 0.3) is 0 Å². The van der Waals surface area contributed by atoms with Crippen molar-refractivity contribution >= 4 is 25.1 Å². The van der Waals surface area contributed by atoms with E-state index in [2.05, 4.69) is 0 Å². The van der Waals surface area contributed by atoms with Gasteiger partial charge in [0.2, 0.25) is 0 Å². The summed E-state index contributed by atoms with van der Waals surface area (Å²) in [5.41, 5.74) is 0. The molecule has 1 aliphatic carbocycles. The first kappa shape index (κ1) is 9.77. The van der Waals surface area contributed by atoms with Gasteiger partial charge in [-0.25, -0.2) is 0 Å². The molecule has 0 aromatic heterocycles. The molecule has 0 amide bonds. The van der Waals surface area contributed by atoms with E-state index in [9.17, 15) is 19.2 Å². The largest absolute Gasteiger partial charge is 0.303 e. The molecule has 4 heteroatoms. The Kier molecular flexibility index (Phi) is 3.06. The van der Waals surface area contributed by atoms with Gasteiger partial charge in [-0.2, -0.15) is 0 Å². The highest BCUT2D eigenvalue weighted by Gasteiger charge is 2.42. The van der Waals surface area contributed by atoms with Gasteiger partial charge in [0.05, 0.1) is 0 Å². The van der Waals surface area contributed by atoms with Gasteiger partial charge in [0, 0.05) is 23.7 Å². The monoisotopic (exact) mass is 182 g/mol. The summed E-state index contributed by atoms with van der Waals surface area (Å²) in [7, 11) is 0. The maximum absolute atomic E-state index is 10.6. The lowest BCUT2D eigenvalue weighted by atomic mass is 9.90. The normalized spacial score (nSPS) is 38.2. The average Bonchev–Trinajstić information content (AvgIpc) is 2.54. The van der Waals surface area contributed by atoms with Crippen molar-refractivity contribution in [3.8, 4) is 0 Å². The summed E-state index contributed by atoms with van der Waals surface area (Å²) in [6.07, 6.45) is 2.82. The fourth-order valence-corrected chi connectivity index (χ4v) is 1.88. The second kappa shape index (κ2) is 4.07. The van der Waals surface area contributed by atoms with E-state index < -0.39 is 23.7 Å². The fraction of sp³-hybridized carbons (Fsp3) is 0.556. The Bertz CT molecular complexity index is 212. The van der Waals surface area contributed by atoms with Gasteiger partial charge in [0.15, 0.2) is 0 Å². The second-order valence-corrected chi connectivity index (χ2v) is 3.26. The van der Waals surface area contributed by atoms with Gasteiger partial charge >= 0.3 is 0 Å². The minimum atomic E-state index is -0.606. The summed E-state index contributed by atoms with van der Waals surface area (Å²) in [6, 6.07) is 0. The second-order valence-electron chi connectivity index (χ2n) is 3.26. The minimum Gasteiger partial charge on any atom is -0.303 e. The van der Waals surface area contributed by atoms with Crippen molar-refractivity contribution in [3.63, 3.8) is 0 Å². The first-order valence-electron chi connectivity index (χ1n) is 4.09. The van der Waals surface area contributed by atoms with Gasteiger partial charge in [-0.05, 0) is 6.42 Å². The standard InChI is InChI=1S/C9H10O4/c10-2-6-1-7(3-11)9(5-13)8(6)4-12/h2-9H,1H2. The Morgan fingerprint density at radius 3 is 1.31 bits per heavy atom. The topological polar surface area (TPSA) is 68.3 Å². The highest BCUT2D eigenvalue weighted by molar-refractivity contribution is 5.77. The van der Waals surface area contributed by atoms with Crippen LogP contribution in [0.5, 0.6) is 0 Å². The lowest BCUT2D eigenvalue weighted by Gasteiger charge is -2.10. The SMILES string of the molecule is O=CC1CC(C=O)C(C=O)C1C=O.